The number of rotatable bonds is 5. The lowest BCUT2D eigenvalue weighted by molar-refractivity contribution is 0.126. The molecule has 1 aliphatic heterocycles. The van der Waals surface area contributed by atoms with E-state index in [1.165, 1.54) is 0 Å². The first-order chi connectivity index (χ1) is 10.2. The number of carbonyl (C=O) groups is 1. The molecule has 112 valence electrons. The second kappa shape index (κ2) is 7.88. The average molecular weight is 287 g/mol. The number of amides is 1. The summed E-state index contributed by atoms with van der Waals surface area (Å²) < 4.78 is 11.1. The Bertz CT molecular complexity index is 466. The van der Waals surface area contributed by atoms with Crippen molar-refractivity contribution in [2.24, 2.45) is 0 Å². The molecule has 0 aromatic heterocycles. The molecule has 1 aromatic carbocycles. The molecule has 1 amide bonds. The van der Waals surface area contributed by atoms with Gasteiger partial charge in [0.2, 0.25) is 0 Å². The van der Waals surface area contributed by atoms with Gasteiger partial charge < -0.3 is 14.7 Å². The number of carbonyl (C=O) groups excluding carboxylic acids is 1. The molecule has 1 aliphatic rings. The average Bonchev–Trinajstić information content (AvgIpc) is 2.49. The molecule has 1 aromatic rings. The molecule has 1 heterocycles. The number of alkyl carbamates (subject to hydrolysis) is 1. The molecule has 1 saturated heterocycles. The van der Waals surface area contributed by atoms with Gasteiger partial charge in [-0.2, -0.15) is 0 Å². The fraction of sp³-hybridized carbons (Fsp3) is 0.438. The first kappa shape index (κ1) is 15.6. The van der Waals surface area contributed by atoms with E-state index in [1.54, 1.807) is 0 Å². The summed E-state index contributed by atoms with van der Waals surface area (Å²) in [4.78, 5) is 11.8. The minimum absolute atomic E-state index is 0.00650. The maximum atomic E-state index is 11.8. The third-order valence-corrected chi connectivity index (χ3v) is 3.72. The number of nitrogens with one attached hydrogen (secondary N) is 1. The summed E-state index contributed by atoms with van der Waals surface area (Å²) >= 11 is 0. The Balaban J connectivity index is 1.74. The first-order valence-electron chi connectivity index (χ1n) is 7.42. The normalized spacial score (nSPS) is 21.7. The van der Waals surface area contributed by atoms with Crippen LogP contribution in [0.1, 0.15) is 24.8 Å². The largest absolute Gasteiger partial charge is 0.445 e. The number of ether oxygens (including phenoxy) is 1. The standard InChI is InChI=1S/C16H22BNO3/c1-3-7-14-10-11-15(17(2)21-14)18-16(19)20-12-13-8-5-4-6-9-13/h3-6,8-9,14-15H,1,7,10-12H2,2H3,(H,18,19). The van der Waals surface area contributed by atoms with E-state index in [4.69, 9.17) is 9.39 Å². The summed E-state index contributed by atoms with van der Waals surface area (Å²) in [5.74, 6) is 0.00865. The third kappa shape index (κ3) is 4.94. The molecule has 2 unspecified atom stereocenters. The van der Waals surface area contributed by atoms with Gasteiger partial charge in [-0.3, -0.25) is 0 Å². The minimum Gasteiger partial charge on any atom is -0.445 e. The highest BCUT2D eigenvalue weighted by Gasteiger charge is 2.32. The lowest BCUT2D eigenvalue weighted by atomic mass is 9.59. The van der Waals surface area contributed by atoms with Gasteiger partial charge in [-0.05, 0) is 24.8 Å². The van der Waals surface area contributed by atoms with Crippen LogP contribution in [-0.4, -0.2) is 25.1 Å². The molecule has 0 spiro atoms. The van der Waals surface area contributed by atoms with Crippen LogP contribution in [0.4, 0.5) is 4.79 Å². The molecule has 2 atom stereocenters. The fourth-order valence-electron chi connectivity index (χ4n) is 2.53. The van der Waals surface area contributed by atoms with Crippen LogP contribution in [0, 0.1) is 0 Å². The smallest absolute Gasteiger partial charge is 0.407 e. The Morgan fingerprint density at radius 1 is 1.48 bits per heavy atom. The van der Waals surface area contributed by atoms with Gasteiger partial charge in [0.15, 0.2) is 0 Å². The summed E-state index contributed by atoms with van der Waals surface area (Å²) in [6, 6.07) is 9.64. The van der Waals surface area contributed by atoms with E-state index in [-0.39, 0.29) is 31.7 Å². The van der Waals surface area contributed by atoms with Crippen LogP contribution in [0.2, 0.25) is 6.82 Å². The van der Waals surface area contributed by atoms with Gasteiger partial charge in [-0.25, -0.2) is 4.79 Å². The second-order valence-electron chi connectivity index (χ2n) is 5.38. The number of benzene rings is 1. The van der Waals surface area contributed by atoms with E-state index < -0.39 is 0 Å². The van der Waals surface area contributed by atoms with Crippen LogP contribution in [0.25, 0.3) is 0 Å². The van der Waals surface area contributed by atoms with Crippen LogP contribution in [0.15, 0.2) is 43.0 Å². The molecular weight excluding hydrogens is 265 g/mol. The highest BCUT2D eigenvalue weighted by atomic mass is 16.5. The van der Waals surface area contributed by atoms with Crippen LogP contribution < -0.4 is 5.32 Å². The van der Waals surface area contributed by atoms with Crippen molar-refractivity contribution in [1.82, 2.24) is 5.32 Å². The quantitative estimate of drug-likeness (QED) is 0.668. The molecule has 21 heavy (non-hydrogen) atoms. The van der Waals surface area contributed by atoms with Gasteiger partial charge in [-0.15, -0.1) is 6.58 Å². The molecule has 1 fully saturated rings. The zero-order valence-corrected chi connectivity index (χ0v) is 12.5. The lowest BCUT2D eigenvalue weighted by Crippen LogP contribution is -2.51. The Kier molecular flexibility index (Phi) is 5.87. The molecule has 1 N–H and O–H groups in total. The summed E-state index contributed by atoms with van der Waals surface area (Å²) in [7, 11) is 0. The van der Waals surface area contributed by atoms with Crippen LogP contribution in [-0.2, 0) is 16.0 Å². The highest BCUT2D eigenvalue weighted by Crippen LogP contribution is 2.20. The second-order valence-corrected chi connectivity index (χ2v) is 5.38. The van der Waals surface area contributed by atoms with Crippen molar-refractivity contribution >= 4 is 13.0 Å². The van der Waals surface area contributed by atoms with Gasteiger partial charge in [0, 0.05) is 12.0 Å². The summed E-state index contributed by atoms with van der Waals surface area (Å²) in [5.41, 5.74) is 0.978. The first-order valence-corrected chi connectivity index (χ1v) is 7.42. The summed E-state index contributed by atoms with van der Waals surface area (Å²) in [6.07, 6.45) is 4.40. The Labute approximate surface area is 126 Å². The van der Waals surface area contributed by atoms with E-state index in [1.807, 2.05) is 43.2 Å². The van der Waals surface area contributed by atoms with Crippen molar-refractivity contribution < 1.29 is 14.2 Å². The monoisotopic (exact) mass is 287 g/mol. The molecule has 0 aliphatic carbocycles. The number of hydrogen-bond acceptors (Lipinski definition) is 3. The van der Waals surface area contributed by atoms with Crippen LogP contribution >= 0.6 is 0 Å². The number of hydrogen-bond donors (Lipinski definition) is 1. The fourth-order valence-corrected chi connectivity index (χ4v) is 2.53. The Morgan fingerprint density at radius 3 is 2.90 bits per heavy atom. The van der Waals surface area contributed by atoms with Gasteiger partial charge >= 0.3 is 13.0 Å². The zero-order valence-electron chi connectivity index (χ0n) is 12.5. The highest BCUT2D eigenvalue weighted by molar-refractivity contribution is 6.52. The van der Waals surface area contributed by atoms with Crippen molar-refractivity contribution in [1.29, 1.82) is 0 Å². The molecule has 4 nitrogen and oxygen atoms in total. The predicted molar refractivity (Wildman–Crippen MR) is 84.1 cm³/mol. The lowest BCUT2D eigenvalue weighted by Gasteiger charge is -2.32. The van der Waals surface area contributed by atoms with Crippen molar-refractivity contribution in [3.05, 3.63) is 48.6 Å². The van der Waals surface area contributed by atoms with E-state index in [9.17, 15) is 4.79 Å². The Hall–Kier alpha value is -1.75. The topological polar surface area (TPSA) is 47.6 Å². The summed E-state index contributed by atoms with van der Waals surface area (Å²) in [6.45, 7) is 5.99. The van der Waals surface area contributed by atoms with E-state index in [0.717, 1.165) is 24.8 Å². The van der Waals surface area contributed by atoms with Crippen molar-refractivity contribution in [2.75, 3.05) is 0 Å². The SMILES string of the molecule is C=CCC1CCC(NC(=O)OCc2ccccc2)B(C)O1. The summed E-state index contributed by atoms with van der Waals surface area (Å²) in [5, 5.41) is 2.89. The van der Waals surface area contributed by atoms with Crippen molar-refractivity contribution in [3.8, 4) is 0 Å². The van der Waals surface area contributed by atoms with Crippen LogP contribution in [0.3, 0.4) is 0 Å². The molecule has 0 saturated carbocycles. The molecule has 0 radical (unpaired) electrons. The van der Waals surface area contributed by atoms with E-state index >= 15 is 0 Å². The Morgan fingerprint density at radius 2 is 2.24 bits per heavy atom. The van der Waals surface area contributed by atoms with E-state index in [2.05, 4.69) is 11.9 Å². The molecule has 5 heteroatoms. The minimum atomic E-state index is -0.388. The van der Waals surface area contributed by atoms with Crippen molar-refractivity contribution in [3.63, 3.8) is 0 Å². The van der Waals surface area contributed by atoms with Gasteiger partial charge in [0.05, 0.1) is 0 Å². The van der Waals surface area contributed by atoms with Crippen LogP contribution in [0.5, 0.6) is 0 Å². The third-order valence-electron chi connectivity index (χ3n) is 3.72. The molecular formula is C16H22BNO3. The molecule has 2 rings (SSSR count). The van der Waals surface area contributed by atoms with Crippen molar-refractivity contribution in [2.45, 2.75) is 44.7 Å². The molecule has 0 bridgehead atoms. The zero-order chi connectivity index (χ0) is 15.1. The predicted octanol–water partition coefficient (Wildman–Crippen LogP) is 3.20. The maximum Gasteiger partial charge on any atom is 0.407 e. The van der Waals surface area contributed by atoms with Gasteiger partial charge in [0.25, 0.3) is 0 Å². The van der Waals surface area contributed by atoms with E-state index in [0.29, 0.717) is 0 Å². The maximum absolute atomic E-state index is 11.8. The van der Waals surface area contributed by atoms with Gasteiger partial charge in [0.1, 0.15) is 6.61 Å². The van der Waals surface area contributed by atoms with Gasteiger partial charge in [-0.1, -0.05) is 43.2 Å².